The van der Waals surface area contributed by atoms with E-state index in [-0.39, 0.29) is 11.4 Å². The average molecular weight is 470 g/mol. The van der Waals surface area contributed by atoms with Gasteiger partial charge in [-0.1, -0.05) is 70.9 Å². The highest BCUT2D eigenvalue weighted by atomic mass is 16.3. The number of rotatable bonds is 4. The van der Waals surface area contributed by atoms with E-state index >= 15 is 0 Å². The second-order valence-electron chi connectivity index (χ2n) is 10.1. The number of aryl methyl sites for hydroxylation is 2. The van der Waals surface area contributed by atoms with Crippen LogP contribution in [0.1, 0.15) is 59.5 Å². The van der Waals surface area contributed by atoms with Gasteiger partial charge in [0.15, 0.2) is 11.8 Å². The van der Waals surface area contributed by atoms with E-state index in [2.05, 4.69) is 55.2 Å². The van der Waals surface area contributed by atoms with Crippen LogP contribution in [0.25, 0.3) is 44.5 Å². The van der Waals surface area contributed by atoms with E-state index in [4.69, 9.17) is 12.6 Å². The molecule has 0 aliphatic rings. The molecule has 0 bridgehead atoms. The van der Waals surface area contributed by atoms with Crippen LogP contribution in [-0.2, 0) is 18.9 Å². The third-order valence-corrected chi connectivity index (χ3v) is 6.56. The van der Waals surface area contributed by atoms with Crippen molar-refractivity contribution in [2.75, 3.05) is 0 Å². The van der Waals surface area contributed by atoms with Crippen molar-refractivity contribution >= 4 is 22.1 Å². The fraction of sp³-hybridized carbons (Fsp3) is 0.312. The van der Waals surface area contributed by atoms with Crippen molar-refractivity contribution in [3.8, 4) is 22.4 Å². The Bertz CT molecular complexity index is 1730. The van der Waals surface area contributed by atoms with Gasteiger partial charge < -0.3 is 4.42 Å². The standard InChI is InChI=1S/C32H35N2O/c1-20(2)18-22-9-11-23(12-10-22)24-16-17-34(7)27(19-24)29-21(3)8-13-25-26-14-15-28(32(4,5)6)33-31(26)35-30(25)29/h8-17,19-20H,18H2,1-7H3/q+1/i4D3,5D3. The fourth-order valence-corrected chi connectivity index (χ4v) is 4.72. The molecule has 0 N–H and O–H groups in total. The maximum absolute atomic E-state index is 8.02. The minimum absolute atomic E-state index is 0.0456. The van der Waals surface area contributed by atoms with Crippen LogP contribution >= 0.6 is 0 Å². The molecule has 0 saturated carbocycles. The van der Waals surface area contributed by atoms with Crippen LogP contribution in [0.5, 0.6) is 0 Å². The van der Waals surface area contributed by atoms with E-state index in [1.165, 1.54) is 18.6 Å². The highest BCUT2D eigenvalue weighted by molar-refractivity contribution is 6.08. The van der Waals surface area contributed by atoms with Gasteiger partial charge in [-0.05, 0) is 53.6 Å². The zero-order chi connectivity index (χ0) is 29.9. The zero-order valence-corrected chi connectivity index (χ0v) is 20.9. The molecule has 3 aromatic heterocycles. The van der Waals surface area contributed by atoms with Crippen molar-refractivity contribution in [1.29, 1.82) is 0 Å². The zero-order valence-electron chi connectivity index (χ0n) is 26.9. The smallest absolute Gasteiger partial charge is 0.227 e. The van der Waals surface area contributed by atoms with Gasteiger partial charge in [-0.2, -0.15) is 0 Å². The number of fused-ring (bicyclic) bond motifs is 3. The van der Waals surface area contributed by atoms with Gasteiger partial charge in [0.1, 0.15) is 7.05 Å². The summed E-state index contributed by atoms with van der Waals surface area (Å²) in [6.07, 6.45) is 3.07. The number of benzene rings is 2. The first-order valence-corrected chi connectivity index (χ1v) is 12.0. The van der Waals surface area contributed by atoms with Gasteiger partial charge >= 0.3 is 0 Å². The van der Waals surface area contributed by atoms with Crippen LogP contribution < -0.4 is 4.57 Å². The van der Waals surface area contributed by atoms with Crippen LogP contribution in [-0.4, -0.2) is 4.98 Å². The highest BCUT2D eigenvalue weighted by Crippen LogP contribution is 2.38. The van der Waals surface area contributed by atoms with Crippen molar-refractivity contribution < 1.29 is 17.2 Å². The molecule has 3 heteroatoms. The van der Waals surface area contributed by atoms with Gasteiger partial charge in [0.25, 0.3) is 0 Å². The minimum Gasteiger partial charge on any atom is -0.437 e. The van der Waals surface area contributed by atoms with Crippen LogP contribution in [0.2, 0.25) is 0 Å². The lowest BCUT2D eigenvalue weighted by atomic mass is 9.91. The lowest BCUT2D eigenvalue weighted by molar-refractivity contribution is -0.660. The van der Waals surface area contributed by atoms with Crippen molar-refractivity contribution in [3.63, 3.8) is 0 Å². The Morgan fingerprint density at radius 3 is 2.43 bits per heavy atom. The summed E-state index contributed by atoms with van der Waals surface area (Å²) in [7, 11) is 1.99. The van der Waals surface area contributed by atoms with Crippen molar-refractivity contribution in [2.45, 2.75) is 53.2 Å². The Balaban J connectivity index is 1.67. The summed E-state index contributed by atoms with van der Waals surface area (Å²) in [4.78, 5) is 4.50. The molecular formula is C32H35N2O+. The Morgan fingerprint density at radius 2 is 1.71 bits per heavy atom. The Labute approximate surface area is 216 Å². The molecule has 2 aromatic carbocycles. The predicted molar refractivity (Wildman–Crippen MR) is 146 cm³/mol. The lowest BCUT2D eigenvalue weighted by Crippen LogP contribution is -2.30. The number of hydrogen-bond donors (Lipinski definition) is 0. The third kappa shape index (κ3) is 4.36. The fourth-order valence-electron chi connectivity index (χ4n) is 4.72. The van der Waals surface area contributed by atoms with Crippen LogP contribution in [0.4, 0.5) is 0 Å². The number of hydrogen-bond acceptors (Lipinski definition) is 2. The number of nitrogens with zero attached hydrogens (tertiary/aromatic N) is 2. The number of pyridine rings is 2. The number of furan rings is 1. The monoisotopic (exact) mass is 469 g/mol. The molecule has 0 fully saturated rings. The minimum atomic E-state index is -2.80. The van der Waals surface area contributed by atoms with Crippen LogP contribution in [0, 0.1) is 12.8 Å². The second-order valence-corrected chi connectivity index (χ2v) is 10.1. The van der Waals surface area contributed by atoms with Crippen molar-refractivity contribution in [1.82, 2.24) is 4.98 Å². The van der Waals surface area contributed by atoms with Gasteiger partial charge in [0, 0.05) is 42.2 Å². The van der Waals surface area contributed by atoms with E-state index in [0.717, 1.165) is 39.8 Å². The molecule has 5 aromatic rings. The predicted octanol–water partition coefficient (Wildman–Crippen LogP) is 7.94. The van der Waals surface area contributed by atoms with E-state index < -0.39 is 19.1 Å². The molecule has 0 radical (unpaired) electrons. The first-order valence-electron chi connectivity index (χ1n) is 15.0. The Morgan fingerprint density at radius 1 is 0.971 bits per heavy atom. The van der Waals surface area contributed by atoms with Crippen LogP contribution in [0.15, 0.2) is 71.3 Å². The maximum Gasteiger partial charge on any atom is 0.227 e. The van der Waals surface area contributed by atoms with Crippen LogP contribution in [0.3, 0.4) is 0 Å². The molecule has 0 amide bonds. The number of aromatic nitrogens is 2. The van der Waals surface area contributed by atoms with Gasteiger partial charge in [0.05, 0.1) is 5.56 Å². The average Bonchev–Trinajstić information content (AvgIpc) is 3.25. The summed E-state index contributed by atoms with van der Waals surface area (Å²) in [6, 6.07) is 20.1. The maximum atomic E-state index is 8.02. The molecule has 0 unspecified atom stereocenters. The van der Waals surface area contributed by atoms with Crippen molar-refractivity contribution in [2.24, 2.45) is 13.0 Å². The summed E-state index contributed by atoms with van der Waals surface area (Å²) >= 11 is 0. The van der Waals surface area contributed by atoms with Gasteiger partial charge in [-0.3, -0.25) is 0 Å². The topological polar surface area (TPSA) is 29.9 Å². The summed E-state index contributed by atoms with van der Waals surface area (Å²) in [5, 5.41) is 1.52. The summed E-state index contributed by atoms with van der Waals surface area (Å²) in [5.41, 5.74) is 5.00. The largest absolute Gasteiger partial charge is 0.437 e. The molecule has 35 heavy (non-hydrogen) atoms. The van der Waals surface area contributed by atoms with Gasteiger partial charge in [-0.15, -0.1) is 0 Å². The Hall–Kier alpha value is -3.46. The second kappa shape index (κ2) is 8.64. The molecule has 3 heterocycles. The first kappa shape index (κ1) is 17.0. The Kier molecular flexibility index (Phi) is 4.21. The molecule has 0 aliphatic heterocycles. The molecule has 0 atom stereocenters. The lowest BCUT2D eigenvalue weighted by Gasteiger charge is -2.16. The molecule has 3 nitrogen and oxygen atoms in total. The first-order chi connectivity index (χ1) is 19.1. The van der Waals surface area contributed by atoms with E-state index in [1.807, 2.05) is 36.9 Å². The van der Waals surface area contributed by atoms with Crippen molar-refractivity contribution in [3.05, 3.63) is 83.7 Å². The molecule has 0 aliphatic carbocycles. The third-order valence-electron chi connectivity index (χ3n) is 6.56. The summed E-state index contributed by atoms with van der Waals surface area (Å²) < 4.78 is 56.5. The quantitative estimate of drug-likeness (QED) is 0.250. The summed E-state index contributed by atoms with van der Waals surface area (Å²) in [5.74, 6) is 0.594. The van der Waals surface area contributed by atoms with E-state index in [1.54, 1.807) is 6.07 Å². The SMILES string of the molecule is [2H]C([2H])([2H])C(C)(c1ccc2c(n1)oc1c(-c3cc(-c4ccc(CC(C)C)cc4)cc[n+]3C)c(C)ccc12)C([2H])([2H])[2H]. The molecule has 178 valence electrons. The molecule has 5 rings (SSSR count). The highest BCUT2D eigenvalue weighted by Gasteiger charge is 2.23. The van der Waals surface area contributed by atoms with Gasteiger partial charge in [-0.25, -0.2) is 9.55 Å². The summed E-state index contributed by atoms with van der Waals surface area (Å²) in [6.45, 7) is 2.08. The molecule has 0 saturated heterocycles. The normalized spacial score (nSPS) is 15.5. The molecular weight excluding hydrogens is 428 g/mol. The van der Waals surface area contributed by atoms with Gasteiger partial charge in [0.2, 0.25) is 11.4 Å². The van der Waals surface area contributed by atoms with E-state index in [9.17, 15) is 0 Å². The van der Waals surface area contributed by atoms with E-state index in [0.29, 0.717) is 16.9 Å². The molecule has 0 spiro atoms.